The monoisotopic (exact) mass is 408 g/mol. The quantitative estimate of drug-likeness (QED) is 0.770. The second kappa shape index (κ2) is 9.94. The third-order valence-electron chi connectivity index (χ3n) is 5.02. The van der Waals surface area contributed by atoms with Crippen LogP contribution in [0.25, 0.3) is 11.0 Å². The SMILES string of the molecule is CCCc1cc(=O)oc2c(C)c(OC(C)C(=O)N3CCCNCC3)ccc12.Cl. The Bertz CT molecular complexity index is 873. The summed E-state index contributed by atoms with van der Waals surface area (Å²) in [5.74, 6) is 0.562. The van der Waals surface area contributed by atoms with Crippen molar-refractivity contribution in [2.24, 2.45) is 0 Å². The summed E-state index contributed by atoms with van der Waals surface area (Å²) in [5.41, 5.74) is 1.92. The summed E-state index contributed by atoms with van der Waals surface area (Å²) in [6, 6.07) is 5.34. The molecule has 1 aromatic carbocycles. The van der Waals surface area contributed by atoms with Gasteiger partial charge in [-0.25, -0.2) is 4.79 Å². The number of benzene rings is 1. The molecular weight excluding hydrogens is 380 g/mol. The van der Waals surface area contributed by atoms with Gasteiger partial charge in [-0.15, -0.1) is 12.4 Å². The number of ether oxygens (including phenoxy) is 1. The molecule has 1 atom stereocenters. The summed E-state index contributed by atoms with van der Waals surface area (Å²) in [6.07, 6.45) is 2.12. The van der Waals surface area contributed by atoms with Crippen molar-refractivity contribution < 1.29 is 13.9 Å². The lowest BCUT2D eigenvalue weighted by Gasteiger charge is -2.25. The summed E-state index contributed by atoms with van der Waals surface area (Å²) in [7, 11) is 0. The Morgan fingerprint density at radius 2 is 2.11 bits per heavy atom. The van der Waals surface area contributed by atoms with E-state index in [9.17, 15) is 9.59 Å². The van der Waals surface area contributed by atoms with Crippen LogP contribution < -0.4 is 15.7 Å². The van der Waals surface area contributed by atoms with E-state index in [1.54, 1.807) is 13.0 Å². The smallest absolute Gasteiger partial charge is 0.336 e. The van der Waals surface area contributed by atoms with Crippen LogP contribution >= 0.6 is 12.4 Å². The summed E-state index contributed by atoms with van der Waals surface area (Å²) >= 11 is 0. The van der Waals surface area contributed by atoms with E-state index in [0.717, 1.165) is 55.4 Å². The van der Waals surface area contributed by atoms with Crippen molar-refractivity contribution >= 4 is 29.3 Å². The lowest BCUT2D eigenvalue weighted by Crippen LogP contribution is -2.42. The zero-order chi connectivity index (χ0) is 19.4. The third kappa shape index (κ3) is 4.86. The van der Waals surface area contributed by atoms with Crippen LogP contribution in [-0.4, -0.2) is 43.1 Å². The highest BCUT2D eigenvalue weighted by Gasteiger charge is 2.24. The van der Waals surface area contributed by atoms with Crippen LogP contribution in [0.4, 0.5) is 0 Å². The van der Waals surface area contributed by atoms with Gasteiger partial charge in [0, 0.05) is 36.7 Å². The third-order valence-corrected chi connectivity index (χ3v) is 5.02. The van der Waals surface area contributed by atoms with Crippen LogP contribution in [0.3, 0.4) is 0 Å². The van der Waals surface area contributed by atoms with Crippen molar-refractivity contribution in [1.82, 2.24) is 10.2 Å². The molecule has 0 spiro atoms. The van der Waals surface area contributed by atoms with E-state index >= 15 is 0 Å². The average Bonchev–Trinajstić information content (AvgIpc) is 2.93. The number of halogens is 1. The number of rotatable bonds is 5. The number of hydrogen-bond acceptors (Lipinski definition) is 5. The second-order valence-corrected chi connectivity index (χ2v) is 7.09. The first-order valence-corrected chi connectivity index (χ1v) is 9.73. The molecule has 0 bridgehead atoms. The number of carbonyl (C=O) groups is 1. The van der Waals surface area contributed by atoms with Crippen LogP contribution in [0.2, 0.25) is 0 Å². The Labute approximate surface area is 171 Å². The summed E-state index contributed by atoms with van der Waals surface area (Å²) in [6.45, 7) is 8.89. The number of carbonyl (C=O) groups excluding carboxylic acids is 1. The first-order chi connectivity index (χ1) is 13.0. The van der Waals surface area contributed by atoms with E-state index in [1.165, 1.54) is 0 Å². The molecule has 6 nitrogen and oxygen atoms in total. The van der Waals surface area contributed by atoms with E-state index in [0.29, 0.717) is 17.9 Å². The van der Waals surface area contributed by atoms with E-state index in [-0.39, 0.29) is 23.9 Å². The minimum absolute atomic E-state index is 0. The molecule has 1 amide bonds. The van der Waals surface area contributed by atoms with Gasteiger partial charge in [-0.05, 0) is 50.9 Å². The molecule has 154 valence electrons. The fourth-order valence-electron chi connectivity index (χ4n) is 3.58. The topological polar surface area (TPSA) is 71.8 Å². The molecule has 1 saturated heterocycles. The van der Waals surface area contributed by atoms with Crippen LogP contribution in [0.1, 0.15) is 37.8 Å². The van der Waals surface area contributed by atoms with Gasteiger partial charge in [0.1, 0.15) is 11.3 Å². The van der Waals surface area contributed by atoms with E-state index in [4.69, 9.17) is 9.15 Å². The predicted molar refractivity (Wildman–Crippen MR) is 113 cm³/mol. The number of amides is 1. The molecule has 1 fully saturated rings. The van der Waals surface area contributed by atoms with Crippen LogP contribution in [0.5, 0.6) is 5.75 Å². The first-order valence-electron chi connectivity index (χ1n) is 9.73. The molecule has 3 rings (SSSR count). The Kier molecular flexibility index (Phi) is 7.89. The zero-order valence-corrected chi connectivity index (χ0v) is 17.6. The number of nitrogens with zero attached hydrogens (tertiary/aromatic N) is 1. The second-order valence-electron chi connectivity index (χ2n) is 7.09. The Morgan fingerprint density at radius 3 is 2.86 bits per heavy atom. The molecule has 0 radical (unpaired) electrons. The zero-order valence-electron chi connectivity index (χ0n) is 16.7. The van der Waals surface area contributed by atoms with Crippen molar-refractivity contribution in [2.45, 2.75) is 46.1 Å². The van der Waals surface area contributed by atoms with Crippen LogP contribution in [-0.2, 0) is 11.2 Å². The molecule has 1 aliphatic heterocycles. The van der Waals surface area contributed by atoms with Crippen molar-refractivity contribution in [3.05, 3.63) is 39.7 Å². The lowest BCUT2D eigenvalue weighted by atomic mass is 10.0. The maximum Gasteiger partial charge on any atom is 0.336 e. The van der Waals surface area contributed by atoms with Crippen molar-refractivity contribution in [3.8, 4) is 5.75 Å². The maximum atomic E-state index is 12.7. The van der Waals surface area contributed by atoms with E-state index in [2.05, 4.69) is 12.2 Å². The molecule has 28 heavy (non-hydrogen) atoms. The number of hydrogen-bond donors (Lipinski definition) is 1. The Balaban J connectivity index is 0.00000280. The van der Waals surface area contributed by atoms with Gasteiger partial charge < -0.3 is 19.4 Å². The fraction of sp³-hybridized carbons (Fsp3) is 0.524. The number of nitrogens with one attached hydrogen (secondary N) is 1. The van der Waals surface area contributed by atoms with Crippen molar-refractivity contribution in [2.75, 3.05) is 26.2 Å². The molecule has 0 aliphatic carbocycles. The molecule has 0 saturated carbocycles. The van der Waals surface area contributed by atoms with Crippen molar-refractivity contribution in [3.63, 3.8) is 0 Å². The van der Waals surface area contributed by atoms with Gasteiger partial charge >= 0.3 is 5.63 Å². The highest BCUT2D eigenvalue weighted by atomic mass is 35.5. The van der Waals surface area contributed by atoms with E-state index in [1.807, 2.05) is 24.0 Å². The minimum atomic E-state index is -0.593. The Morgan fingerprint density at radius 1 is 1.32 bits per heavy atom. The first kappa shape index (κ1) is 22.2. The summed E-state index contributed by atoms with van der Waals surface area (Å²) < 4.78 is 11.4. The van der Waals surface area contributed by atoms with Gasteiger partial charge in [-0.2, -0.15) is 0 Å². The molecule has 2 heterocycles. The molecule has 2 aromatic rings. The largest absolute Gasteiger partial charge is 0.480 e. The standard InChI is InChI=1S/C21H28N2O4.ClH/c1-4-6-16-13-19(24)27-20-14(2)18(8-7-17(16)20)26-15(3)21(25)23-11-5-9-22-10-12-23;/h7-8,13,15,22H,4-6,9-12H2,1-3H3;1H. The van der Waals surface area contributed by atoms with Gasteiger partial charge in [0.2, 0.25) is 0 Å². The van der Waals surface area contributed by atoms with Gasteiger partial charge in [-0.1, -0.05) is 13.3 Å². The van der Waals surface area contributed by atoms with Crippen molar-refractivity contribution in [1.29, 1.82) is 0 Å². The fourth-order valence-corrected chi connectivity index (χ4v) is 3.58. The number of aryl methyl sites for hydroxylation is 2. The average molecular weight is 409 g/mol. The van der Waals surface area contributed by atoms with Gasteiger partial charge in [0.05, 0.1) is 0 Å². The molecular formula is C21H29ClN2O4. The Hall–Kier alpha value is -2.05. The number of fused-ring (bicyclic) bond motifs is 1. The highest BCUT2D eigenvalue weighted by Crippen LogP contribution is 2.29. The molecule has 1 unspecified atom stereocenters. The van der Waals surface area contributed by atoms with Gasteiger partial charge in [-0.3, -0.25) is 4.79 Å². The van der Waals surface area contributed by atoms with Gasteiger partial charge in [0.15, 0.2) is 6.10 Å². The minimum Gasteiger partial charge on any atom is -0.480 e. The van der Waals surface area contributed by atoms with Crippen LogP contribution in [0.15, 0.2) is 27.4 Å². The summed E-state index contributed by atoms with van der Waals surface area (Å²) in [4.78, 5) is 26.5. The molecule has 7 heteroatoms. The molecule has 1 aliphatic rings. The lowest BCUT2D eigenvalue weighted by molar-refractivity contribution is -0.137. The summed E-state index contributed by atoms with van der Waals surface area (Å²) in [5, 5.41) is 4.22. The maximum absolute atomic E-state index is 12.7. The van der Waals surface area contributed by atoms with Crippen LogP contribution in [0, 0.1) is 6.92 Å². The predicted octanol–water partition coefficient (Wildman–Crippen LogP) is 3.06. The molecule has 1 aromatic heterocycles. The molecule has 1 N–H and O–H groups in total. The van der Waals surface area contributed by atoms with E-state index < -0.39 is 6.10 Å². The van der Waals surface area contributed by atoms with Gasteiger partial charge in [0.25, 0.3) is 5.91 Å². The normalized spacial score (nSPS) is 15.6. The highest BCUT2D eigenvalue weighted by molar-refractivity contribution is 5.86.